The monoisotopic (exact) mass is 779 g/mol. The first-order valence-electron chi connectivity index (χ1n) is 24.2. The summed E-state index contributed by atoms with van der Waals surface area (Å²) in [7, 11) is 0. The van der Waals surface area contributed by atoms with Gasteiger partial charge in [-0.15, -0.1) is 0 Å². The van der Waals surface area contributed by atoms with Crippen LogP contribution in [0.3, 0.4) is 0 Å². The molecule has 0 aromatic heterocycles. The Balaban J connectivity index is 4.28. The average molecular weight is 779 g/mol. The lowest BCUT2D eigenvalue weighted by molar-refractivity contribution is -0.167. The molecule has 0 aliphatic carbocycles. The van der Waals surface area contributed by atoms with Gasteiger partial charge in [0.15, 0.2) is 6.10 Å². The van der Waals surface area contributed by atoms with Crippen LogP contribution >= 0.6 is 0 Å². The number of ether oxygens (including phenoxy) is 3. The van der Waals surface area contributed by atoms with Crippen LogP contribution in [0.5, 0.6) is 0 Å². The van der Waals surface area contributed by atoms with E-state index in [-0.39, 0.29) is 31.1 Å². The second kappa shape index (κ2) is 42.0. The van der Waals surface area contributed by atoms with E-state index in [1.807, 2.05) is 0 Å². The van der Waals surface area contributed by atoms with E-state index in [0.29, 0.717) is 19.3 Å². The number of rotatable bonds is 43. The molecule has 0 unspecified atom stereocenters. The maximum atomic E-state index is 12.7. The fraction of sp³-hybridized carbons (Fsp3) is 0.939. The van der Waals surface area contributed by atoms with Gasteiger partial charge in [0, 0.05) is 19.3 Å². The minimum absolute atomic E-state index is 0.0651. The van der Waals surface area contributed by atoms with Crippen molar-refractivity contribution >= 4 is 17.9 Å². The fourth-order valence-electron chi connectivity index (χ4n) is 7.28. The van der Waals surface area contributed by atoms with E-state index in [0.717, 1.165) is 69.6 Å². The number of unbranched alkanes of at least 4 members (excludes halogenated alkanes) is 28. The molecule has 6 nitrogen and oxygen atoms in total. The van der Waals surface area contributed by atoms with Crippen LogP contribution in [-0.4, -0.2) is 37.2 Å². The number of carbonyl (C=O) groups excluding carboxylic acids is 3. The van der Waals surface area contributed by atoms with Crippen molar-refractivity contribution in [1.82, 2.24) is 0 Å². The third-order valence-corrected chi connectivity index (χ3v) is 11.0. The quantitative estimate of drug-likeness (QED) is 0.0348. The van der Waals surface area contributed by atoms with Crippen LogP contribution < -0.4 is 0 Å². The number of carbonyl (C=O) groups is 3. The highest BCUT2D eigenvalue weighted by molar-refractivity contribution is 5.71. The molecule has 0 rings (SSSR count). The lowest BCUT2D eigenvalue weighted by atomic mass is 10.0. The van der Waals surface area contributed by atoms with Gasteiger partial charge >= 0.3 is 17.9 Å². The summed E-state index contributed by atoms with van der Waals surface area (Å²) in [6.07, 6.45) is 41.0. The van der Waals surface area contributed by atoms with Crippen molar-refractivity contribution in [3.8, 4) is 0 Å². The van der Waals surface area contributed by atoms with Gasteiger partial charge in [0.05, 0.1) is 0 Å². The van der Waals surface area contributed by atoms with E-state index in [1.165, 1.54) is 154 Å². The zero-order valence-electron chi connectivity index (χ0n) is 37.6. The van der Waals surface area contributed by atoms with Crippen molar-refractivity contribution < 1.29 is 28.6 Å². The van der Waals surface area contributed by atoms with Gasteiger partial charge in [-0.1, -0.05) is 227 Å². The smallest absolute Gasteiger partial charge is 0.306 e. The van der Waals surface area contributed by atoms with Gasteiger partial charge < -0.3 is 14.2 Å². The summed E-state index contributed by atoms with van der Waals surface area (Å²) in [5, 5.41) is 0. The average Bonchev–Trinajstić information content (AvgIpc) is 3.15. The molecule has 0 radical (unpaired) electrons. The number of hydrogen-bond acceptors (Lipinski definition) is 6. The highest BCUT2D eigenvalue weighted by Gasteiger charge is 2.19. The highest BCUT2D eigenvalue weighted by Crippen LogP contribution is 2.17. The molecule has 326 valence electrons. The van der Waals surface area contributed by atoms with Crippen LogP contribution in [0.2, 0.25) is 0 Å². The van der Waals surface area contributed by atoms with Gasteiger partial charge in [-0.05, 0) is 31.1 Å². The van der Waals surface area contributed by atoms with Crippen LogP contribution in [-0.2, 0) is 28.6 Å². The van der Waals surface area contributed by atoms with Gasteiger partial charge in [-0.2, -0.15) is 0 Å². The minimum atomic E-state index is -0.761. The predicted molar refractivity (Wildman–Crippen MR) is 233 cm³/mol. The number of hydrogen-bond donors (Lipinski definition) is 0. The first-order chi connectivity index (χ1) is 26.7. The van der Waals surface area contributed by atoms with Crippen molar-refractivity contribution in [3.63, 3.8) is 0 Å². The molecule has 0 spiro atoms. The maximum Gasteiger partial charge on any atom is 0.306 e. The SMILES string of the molecule is CCCCCCCCCCCCCCCCCCC(=O)OC[C@H](COC(=O)CCCCCCCCCC(C)C)OC(=O)CCCCCCCCCCC(C)C. The first kappa shape index (κ1) is 53.4. The Hall–Kier alpha value is -1.59. The van der Waals surface area contributed by atoms with E-state index in [9.17, 15) is 14.4 Å². The Morgan fingerprint density at radius 1 is 0.345 bits per heavy atom. The summed E-state index contributed by atoms with van der Waals surface area (Å²) in [5.74, 6) is 0.717. The maximum absolute atomic E-state index is 12.7. The summed E-state index contributed by atoms with van der Waals surface area (Å²) in [6, 6.07) is 0. The lowest BCUT2D eigenvalue weighted by Crippen LogP contribution is -2.30. The predicted octanol–water partition coefficient (Wildman–Crippen LogP) is 15.4. The summed E-state index contributed by atoms with van der Waals surface area (Å²) in [6.45, 7) is 11.3. The van der Waals surface area contributed by atoms with Crippen LogP contribution in [0.1, 0.15) is 266 Å². The van der Waals surface area contributed by atoms with Crippen LogP contribution in [0.15, 0.2) is 0 Å². The second-order valence-electron chi connectivity index (χ2n) is 17.7. The Bertz CT molecular complexity index is 839. The molecule has 0 saturated heterocycles. The molecule has 0 aromatic carbocycles. The molecule has 1 atom stereocenters. The Labute approximate surface area is 342 Å². The molecule has 0 aliphatic heterocycles. The van der Waals surface area contributed by atoms with E-state index < -0.39 is 6.10 Å². The Kier molecular flexibility index (Phi) is 40.8. The van der Waals surface area contributed by atoms with Crippen LogP contribution in [0, 0.1) is 11.8 Å². The van der Waals surface area contributed by atoms with Crippen molar-refractivity contribution in [3.05, 3.63) is 0 Å². The molecule has 0 saturated carbocycles. The van der Waals surface area contributed by atoms with Crippen molar-refractivity contribution in [2.45, 2.75) is 272 Å². The number of esters is 3. The minimum Gasteiger partial charge on any atom is -0.462 e. The molecule has 6 heteroatoms. The molecule has 0 aliphatic rings. The molecular weight excluding hydrogens is 685 g/mol. The van der Waals surface area contributed by atoms with Crippen LogP contribution in [0.25, 0.3) is 0 Å². The molecular formula is C49H94O6. The molecule has 0 bridgehead atoms. The third kappa shape index (κ3) is 43.4. The fourth-order valence-corrected chi connectivity index (χ4v) is 7.28. The second-order valence-corrected chi connectivity index (χ2v) is 17.7. The summed E-state index contributed by atoms with van der Waals surface area (Å²) >= 11 is 0. The molecule has 55 heavy (non-hydrogen) atoms. The normalized spacial score (nSPS) is 12.1. The summed E-state index contributed by atoms with van der Waals surface area (Å²) in [5.41, 5.74) is 0. The Morgan fingerprint density at radius 3 is 0.891 bits per heavy atom. The van der Waals surface area contributed by atoms with Gasteiger partial charge in [0.1, 0.15) is 13.2 Å². The zero-order valence-corrected chi connectivity index (χ0v) is 37.6. The zero-order chi connectivity index (χ0) is 40.5. The van der Waals surface area contributed by atoms with Gasteiger partial charge in [-0.25, -0.2) is 0 Å². The molecule has 0 N–H and O–H groups in total. The van der Waals surface area contributed by atoms with Crippen molar-refractivity contribution in [1.29, 1.82) is 0 Å². The van der Waals surface area contributed by atoms with Crippen molar-refractivity contribution in [2.75, 3.05) is 13.2 Å². The van der Waals surface area contributed by atoms with E-state index in [1.54, 1.807) is 0 Å². The Morgan fingerprint density at radius 2 is 0.600 bits per heavy atom. The van der Waals surface area contributed by atoms with Gasteiger partial charge in [-0.3, -0.25) is 14.4 Å². The topological polar surface area (TPSA) is 78.9 Å². The van der Waals surface area contributed by atoms with E-state index in [4.69, 9.17) is 14.2 Å². The molecule has 0 heterocycles. The van der Waals surface area contributed by atoms with Gasteiger partial charge in [0.2, 0.25) is 0 Å². The summed E-state index contributed by atoms with van der Waals surface area (Å²) < 4.78 is 16.7. The van der Waals surface area contributed by atoms with Crippen molar-refractivity contribution in [2.24, 2.45) is 11.8 Å². The van der Waals surface area contributed by atoms with E-state index in [2.05, 4.69) is 34.6 Å². The van der Waals surface area contributed by atoms with Gasteiger partial charge in [0.25, 0.3) is 0 Å². The largest absolute Gasteiger partial charge is 0.462 e. The van der Waals surface area contributed by atoms with Crippen LogP contribution in [0.4, 0.5) is 0 Å². The first-order valence-corrected chi connectivity index (χ1v) is 24.2. The standard InChI is InChI=1S/C49H94O6/c1-6-7-8-9-10-11-12-13-14-15-16-17-18-24-29-34-39-47(50)53-42-46(43-54-48(51)40-35-30-26-21-23-28-33-38-45(4)5)55-49(52)41-36-31-25-20-19-22-27-32-37-44(2)3/h44-46H,6-43H2,1-5H3/t46-/m1/s1. The molecule has 0 aromatic rings. The third-order valence-electron chi connectivity index (χ3n) is 11.0. The summed E-state index contributed by atoms with van der Waals surface area (Å²) in [4.78, 5) is 37.8. The lowest BCUT2D eigenvalue weighted by Gasteiger charge is -2.18. The molecule has 0 amide bonds. The highest BCUT2D eigenvalue weighted by atomic mass is 16.6. The van der Waals surface area contributed by atoms with E-state index >= 15 is 0 Å². The molecule has 0 fully saturated rings.